The van der Waals surface area contributed by atoms with E-state index in [1.807, 2.05) is 26.1 Å². The predicted molar refractivity (Wildman–Crippen MR) is 64.1 cm³/mol. The lowest BCUT2D eigenvalue weighted by atomic mass is 10.1. The monoisotopic (exact) mass is 202 g/mol. The van der Waals surface area contributed by atoms with Gasteiger partial charge in [-0.2, -0.15) is 5.26 Å². The molecular formula is C13H18N2. The van der Waals surface area contributed by atoms with Crippen LogP contribution in [0.1, 0.15) is 31.4 Å². The average molecular weight is 202 g/mol. The third-order valence-corrected chi connectivity index (χ3v) is 2.90. The van der Waals surface area contributed by atoms with E-state index in [-0.39, 0.29) is 0 Å². The van der Waals surface area contributed by atoms with Gasteiger partial charge in [-0.1, -0.05) is 13.0 Å². The molecule has 0 amide bonds. The molecule has 1 rings (SSSR count). The fourth-order valence-corrected chi connectivity index (χ4v) is 1.56. The third kappa shape index (κ3) is 2.50. The minimum atomic E-state index is 0.458. The largest absolute Gasteiger partial charge is 0.371 e. The Bertz CT molecular complexity index is 377. The molecule has 0 saturated carbocycles. The number of anilines is 1. The molecule has 0 aromatic heterocycles. The van der Waals surface area contributed by atoms with E-state index in [4.69, 9.17) is 5.26 Å². The molecule has 1 unspecified atom stereocenters. The van der Waals surface area contributed by atoms with Crippen LogP contribution in [0.2, 0.25) is 0 Å². The third-order valence-electron chi connectivity index (χ3n) is 2.90. The van der Waals surface area contributed by atoms with Gasteiger partial charge in [0.2, 0.25) is 0 Å². The summed E-state index contributed by atoms with van der Waals surface area (Å²) in [7, 11) is 2.04. The molecule has 2 heteroatoms. The summed E-state index contributed by atoms with van der Waals surface area (Å²) in [4.78, 5) is 2.16. The van der Waals surface area contributed by atoms with E-state index in [9.17, 15) is 0 Å². The van der Waals surface area contributed by atoms with Gasteiger partial charge in [0.1, 0.15) is 6.07 Å². The van der Waals surface area contributed by atoms with Crippen LogP contribution in [0.25, 0.3) is 0 Å². The van der Waals surface area contributed by atoms with Gasteiger partial charge in [0, 0.05) is 13.1 Å². The molecule has 1 aromatic carbocycles. The van der Waals surface area contributed by atoms with E-state index in [0.29, 0.717) is 6.04 Å². The molecule has 0 spiro atoms. The Morgan fingerprint density at radius 3 is 2.67 bits per heavy atom. The number of hydrogen-bond acceptors (Lipinski definition) is 2. The fourth-order valence-electron chi connectivity index (χ4n) is 1.56. The summed E-state index contributed by atoms with van der Waals surface area (Å²) in [6, 6.07) is 8.73. The number of nitriles is 1. The van der Waals surface area contributed by atoms with Crippen molar-refractivity contribution in [1.29, 1.82) is 5.26 Å². The first kappa shape index (κ1) is 11.6. The Morgan fingerprint density at radius 1 is 1.47 bits per heavy atom. The van der Waals surface area contributed by atoms with Crippen molar-refractivity contribution in [2.24, 2.45) is 0 Å². The van der Waals surface area contributed by atoms with Crippen molar-refractivity contribution in [3.8, 4) is 6.07 Å². The van der Waals surface area contributed by atoms with E-state index in [2.05, 4.69) is 30.9 Å². The summed E-state index contributed by atoms with van der Waals surface area (Å²) in [5.41, 5.74) is 2.92. The van der Waals surface area contributed by atoms with Crippen LogP contribution in [-0.2, 0) is 0 Å². The molecule has 0 aliphatic heterocycles. The van der Waals surface area contributed by atoms with Crippen LogP contribution in [0.4, 0.5) is 5.69 Å². The minimum absolute atomic E-state index is 0.458. The van der Waals surface area contributed by atoms with Gasteiger partial charge in [-0.15, -0.1) is 0 Å². The first-order valence-corrected chi connectivity index (χ1v) is 5.33. The zero-order valence-corrected chi connectivity index (χ0v) is 9.91. The summed E-state index contributed by atoms with van der Waals surface area (Å²) >= 11 is 0. The molecule has 0 aliphatic carbocycles. The molecule has 0 bridgehead atoms. The summed E-state index contributed by atoms with van der Waals surface area (Å²) in [5.74, 6) is 0. The molecule has 0 saturated heterocycles. The molecule has 0 fully saturated rings. The zero-order valence-electron chi connectivity index (χ0n) is 9.91. The van der Waals surface area contributed by atoms with Crippen LogP contribution >= 0.6 is 0 Å². The molecule has 0 radical (unpaired) electrons. The fraction of sp³-hybridized carbons (Fsp3) is 0.462. The summed E-state index contributed by atoms with van der Waals surface area (Å²) in [5, 5.41) is 9.07. The molecular weight excluding hydrogens is 184 g/mol. The molecule has 15 heavy (non-hydrogen) atoms. The first-order chi connectivity index (χ1) is 7.10. The maximum atomic E-state index is 9.07. The van der Waals surface area contributed by atoms with Gasteiger partial charge in [-0.25, -0.2) is 0 Å². The highest BCUT2D eigenvalue weighted by atomic mass is 15.1. The van der Waals surface area contributed by atoms with E-state index in [1.165, 1.54) is 0 Å². The van der Waals surface area contributed by atoms with E-state index >= 15 is 0 Å². The van der Waals surface area contributed by atoms with E-state index in [0.717, 1.165) is 23.2 Å². The van der Waals surface area contributed by atoms with Gasteiger partial charge < -0.3 is 4.90 Å². The Balaban J connectivity index is 3.09. The Kier molecular flexibility index (Phi) is 3.74. The highest BCUT2D eigenvalue weighted by Crippen LogP contribution is 2.22. The highest BCUT2D eigenvalue weighted by Gasteiger charge is 2.11. The van der Waals surface area contributed by atoms with E-state index in [1.54, 1.807) is 0 Å². The lowest BCUT2D eigenvalue weighted by Crippen LogP contribution is -2.28. The topological polar surface area (TPSA) is 27.0 Å². The maximum absolute atomic E-state index is 9.07. The van der Waals surface area contributed by atoms with Gasteiger partial charge in [-0.3, -0.25) is 0 Å². The van der Waals surface area contributed by atoms with Gasteiger partial charge >= 0.3 is 0 Å². The number of benzene rings is 1. The quantitative estimate of drug-likeness (QED) is 0.753. The second-order valence-electron chi connectivity index (χ2n) is 4.00. The van der Waals surface area contributed by atoms with Gasteiger partial charge in [0.15, 0.2) is 0 Å². The van der Waals surface area contributed by atoms with Crippen molar-refractivity contribution in [2.45, 2.75) is 33.2 Å². The molecule has 2 nitrogen and oxygen atoms in total. The standard InChI is InChI=1S/C13H18N2/c1-5-11(3)15(4)13-7-6-10(2)8-12(13)9-14/h6-8,11H,5H2,1-4H3. The summed E-state index contributed by atoms with van der Waals surface area (Å²) < 4.78 is 0. The van der Waals surface area contributed by atoms with E-state index < -0.39 is 0 Å². The normalized spacial score (nSPS) is 11.9. The number of hydrogen-bond donors (Lipinski definition) is 0. The van der Waals surface area contributed by atoms with Crippen LogP contribution in [0.5, 0.6) is 0 Å². The Morgan fingerprint density at radius 2 is 2.13 bits per heavy atom. The van der Waals surface area contributed by atoms with Crippen LogP contribution in [-0.4, -0.2) is 13.1 Å². The lowest BCUT2D eigenvalue weighted by Gasteiger charge is -2.27. The van der Waals surface area contributed by atoms with Crippen molar-refractivity contribution in [1.82, 2.24) is 0 Å². The average Bonchev–Trinajstić information content (AvgIpc) is 2.26. The molecule has 80 valence electrons. The number of nitrogens with zero attached hydrogens (tertiary/aromatic N) is 2. The second-order valence-corrected chi connectivity index (χ2v) is 4.00. The van der Waals surface area contributed by atoms with Gasteiger partial charge in [0.25, 0.3) is 0 Å². The van der Waals surface area contributed by atoms with Crippen molar-refractivity contribution in [3.63, 3.8) is 0 Å². The number of rotatable bonds is 3. The first-order valence-electron chi connectivity index (χ1n) is 5.33. The molecule has 0 aliphatic rings. The highest BCUT2D eigenvalue weighted by molar-refractivity contribution is 5.60. The molecule has 0 N–H and O–H groups in total. The van der Waals surface area contributed by atoms with Crippen molar-refractivity contribution in [3.05, 3.63) is 29.3 Å². The summed E-state index contributed by atoms with van der Waals surface area (Å²) in [6.07, 6.45) is 1.08. The molecule has 0 heterocycles. The minimum Gasteiger partial charge on any atom is -0.371 e. The van der Waals surface area contributed by atoms with Crippen LogP contribution in [0.15, 0.2) is 18.2 Å². The van der Waals surface area contributed by atoms with Gasteiger partial charge in [-0.05, 0) is 38.0 Å². The molecule has 1 aromatic rings. The van der Waals surface area contributed by atoms with Crippen molar-refractivity contribution in [2.75, 3.05) is 11.9 Å². The van der Waals surface area contributed by atoms with Crippen LogP contribution in [0, 0.1) is 18.3 Å². The van der Waals surface area contributed by atoms with Crippen LogP contribution < -0.4 is 4.90 Å². The Hall–Kier alpha value is -1.49. The molecule has 1 atom stereocenters. The van der Waals surface area contributed by atoms with Crippen LogP contribution in [0.3, 0.4) is 0 Å². The lowest BCUT2D eigenvalue weighted by molar-refractivity contribution is 0.663. The number of aryl methyl sites for hydroxylation is 1. The second kappa shape index (κ2) is 4.84. The van der Waals surface area contributed by atoms with Gasteiger partial charge in [0.05, 0.1) is 11.3 Å². The maximum Gasteiger partial charge on any atom is 0.101 e. The SMILES string of the molecule is CCC(C)N(C)c1ccc(C)cc1C#N. The predicted octanol–water partition coefficient (Wildman–Crippen LogP) is 3.10. The summed E-state index contributed by atoms with van der Waals surface area (Å²) in [6.45, 7) is 6.33. The zero-order chi connectivity index (χ0) is 11.4. The smallest absolute Gasteiger partial charge is 0.101 e. The van der Waals surface area contributed by atoms with Crippen molar-refractivity contribution < 1.29 is 0 Å². The Labute approximate surface area is 92.1 Å². The van der Waals surface area contributed by atoms with Crippen molar-refractivity contribution >= 4 is 5.69 Å².